The van der Waals surface area contributed by atoms with Crippen LogP contribution in [0.4, 0.5) is 5.69 Å². The number of methoxy groups -OCH3 is 2. The van der Waals surface area contributed by atoms with Crippen molar-refractivity contribution in [2.24, 2.45) is 5.41 Å². The first-order valence-corrected chi connectivity index (χ1v) is 13.8. The van der Waals surface area contributed by atoms with Crippen molar-refractivity contribution in [1.82, 2.24) is 4.31 Å². The molecule has 1 aliphatic heterocycles. The fourth-order valence-corrected chi connectivity index (χ4v) is 5.20. The smallest absolute Gasteiger partial charge is 0.254 e. The first-order chi connectivity index (χ1) is 17.9. The summed E-state index contributed by atoms with van der Waals surface area (Å²) >= 11 is 6.26. The number of anilines is 1. The van der Waals surface area contributed by atoms with Gasteiger partial charge in [-0.1, -0.05) is 30.7 Å². The van der Waals surface area contributed by atoms with E-state index in [1.165, 1.54) is 21.1 Å². The molecule has 2 aromatic carbocycles. The number of aliphatic hydroxyl groups is 2. The lowest BCUT2D eigenvalue weighted by atomic mass is 9.93. The molecule has 2 amide bonds. The van der Waals surface area contributed by atoms with Crippen LogP contribution in [0.25, 0.3) is 0 Å². The number of nitrogens with one attached hydrogen (secondary N) is 1. The van der Waals surface area contributed by atoms with Crippen LogP contribution < -0.4 is 14.8 Å². The van der Waals surface area contributed by atoms with E-state index in [1.54, 1.807) is 36.4 Å². The van der Waals surface area contributed by atoms with E-state index in [0.29, 0.717) is 37.6 Å². The Hall–Kier alpha value is -2.90. The third-order valence-corrected chi connectivity index (χ3v) is 7.56. The molecule has 11 nitrogen and oxygen atoms in total. The Balaban J connectivity index is 2.05. The zero-order chi connectivity index (χ0) is 28.3. The second-order valence-electron chi connectivity index (χ2n) is 9.30. The van der Waals surface area contributed by atoms with Gasteiger partial charge < -0.3 is 29.7 Å². The molecule has 13 heteroatoms. The van der Waals surface area contributed by atoms with Crippen LogP contribution in [0.1, 0.15) is 30.6 Å². The summed E-state index contributed by atoms with van der Waals surface area (Å²) in [6, 6.07) is 9.90. The minimum Gasteiger partial charge on any atom is -0.493 e. The van der Waals surface area contributed by atoms with Gasteiger partial charge in [0.25, 0.3) is 5.91 Å². The Morgan fingerprint density at radius 3 is 2.42 bits per heavy atom. The van der Waals surface area contributed by atoms with E-state index in [-0.39, 0.29) is 0 Å². The molecule has 0 bridgehead atoms. The summed E-state index contributed by atoms with van der Waals surface area (Å²) < 4.78 is 42.7. The number of fused-ring (bicyclic) bond motifs is 1. The predicted molar refractivity (Wildman–Crippen MR) is 140 cm³/mol. The van der Waals surface area contributed by atoms with Crippen LogP contribution >= 0.6 is 11.6 Å². The number of aliphatic hydroxyl groups excluding tert-OH is 2. The number of carbonyl (C=O) groups excluding carboxylic acids is 2. The van der Waals surface area contributed by atoms with Gasteiger partial charge >= 0.3 is 0 Å². The molecule has 1 aliphatic rings. The van der Waals surface area contributed by atoms with Gasteiger partial charge in [0.2, 0.25) is 15.9 Å². The van der Waals surface area contributed by atoms with Crippen molar-refractivity contribution in [2.45, 2.75) is 25.6 Å². The molecule has 2 atom stereocenters. The number of ether oxygens (including phenoxy) is 3. The fraction of sp³-hybridized carbons (Fsp3) is 0.440. The van der Waals surface area contributed by atoms with E-state index >= 15 is 0 Å². The zero-order valence-corrected chi connectivity index (χ0v) is 23.0. The molecule has 0 spiro atoms. The van der Waals surface area contributed by atoms with E-state index in [9.17, 15) is 28.2 Å². The van der Waals surface area contributed by atoms with Crippen LogP contribution in [0.15, 0.2) is 36.4 Å². The summed E-state index contributed by atoms with van der Waals surface area (Å²) in [5, 5.41) is 22.4. The SMILES string of the molecule is COc1cccc([C@H]2O[C@H](CC(=O)N(CC(C)(CO)CO)S(C)(=O)=O)C(=O)Nc3ccc(Cl)cc32)c1OC. The first-order valence-electron chi connectivity index (χ1n) is 11.6. The van der Waals surface area contributed by atoms with Crippen LogP contribution in [0.5, 0.6) is 11.5 Å². The Kier molecular flexibility index (Phi) is 9.26. The molecule has 3 N–H and O–H groups in total. The maximum atomic E-state index is 13.3. The number of hydrogen-bond acceptors (Lipinski definition) is 9. The molecule has 38 heavy (non-hydrogen) atoms. The van der Waals surface area contributed by atoms with E-state index in [1.807, 2.05) is 0 Å². The van der Waals surface area contributed by atoms with E-state index in [2.05, 4.69) is 5.32 Å². The summed E-state index contributed by atoms with van der Waals surface area (Å²) in [5.74, 6) is -0.874. The number of rotatable bonds is 10. The average molecular weight is 571 g/mol. The second-order valence-corrected chi connectivity index (χ2v) is 11.6. The molecule has 1 heterocycles. The van der Waals surface area contributed by atoms with E-state index in [4.69, 9.17) is 25.8 Å². The van der Waals surface area contributed by atoms with Gasteiger partial charge in [0.15, 0.2) is 11.5 Å². The monoisotopic (exact) mass is 570 g/mol. The molecular weight excluding hydrogens is 540 g/mol. The number of halogens is 1. The Bertz CT molecular complexity index is 1300. The van der Waals surface area contributed by atoms with Crippen molar-refractivity contribution < 1.29 is 42.4 Å². The number of amides is 2. The lowest BCUT2D eigenvalue weighted by Crippen LogP contribution is -2.48. The zero-order valence-electron chi connectivity index (χ0n) is 21.4. The number of sulfonamides is 1. The highest BCUT2D eigenvalue weighted by atomic mass is 35.5. The van der Waals surface area contributed by atoms with Crippen LogP contribution in [-0.4, -0.2) is 81.1 Å². The van der Waals surface area contributed by atoms with Gasteiger partial charge in [-0.25, -0.2) is 12.7 Å². The van der Waals surface area contributed by atoms with Crippen molar-refractivity contribution in [3.63, 3.8) is 0 Å². The van der Waals surface area contributed by atoms with Gasteiger partial charge in [-0.3, -0.25) is 9.59 Å². The molecule has 0 radical (unpaired) electrons. The molecule has 0 saturated heterocycles. The van der Waals surface area contributed by atoms with Crippen LogP contribution in [0, 0.1) is 5.41 Å². The molecule has 208 valence electrons. The van der Waals surface area contributed by atoms with Crippen molar-refractivity contribution in [1.29, 1.82) is 0 Å². The molecule has 0 unspecified atom stereocenters. The van der Waals surface area contributed by atoms with Crippen LogP contribution in [0.3, 0.4) is 0 Å². The third-order valence-electron chi connectivity index (χ3n) is 6.19. The number of carbonyl (C=O) groups is 2. The minimum atomic E-state index is -4.12. The maximum Gasteiger partial charge on any atom is 0.254 e. The highest BCUT2D eigenvalue weighted by Gasteiger charge is 2.39. The van der Waals surface area contributed by atoms with Crippen molar-refractivity contribution in [3.05, 3.63) is 52.5 Å². The standard InChI is InChI=1S/C25H31ClN2O9S/c1-25(13-29,14-30)12-28(38(4,33)34)21(31)11-20-24(32)27-18-9-8-15(26)10-17(18)22(37-20)16-6-5-7-19(35-2)23(16)36-3/h5-10,20,22,29-30H,11-14H2,1-4H3,(H,27,32)/t20-,22-/m1/s1. The molecule has 3 rings (SSSR count). The highest BCUT2D eigenvalue weighted by Crippen LogP contribution is 2.43. The van der Waals surface area contributed by atoms with Gasteiger partial charge in [0, 0.05) is 33.8 Å². The Morgan fingerprint density at radius 1 is 1.16 bits per heavy atom. The molecule has 0 fully saturated rings. The fourth-order valence-electron chi connectivity index (χ4n) is 4.02. The first kappa shape index (κ1) is 29.7. The molecule has 0 aromatic heterocycles. The topological polar surface area (TPSA) is 152 Å². The van der Waals surface area contributed by atoms with E-state index in [0.717, 1.165) is 6.26 Å². The van der Waals surface area contributed by atoms with Crippen LogP contribution in [-0.2, 0) is 24.3 Å². The van der Waals surface area contributed by atoms with Gasteiger partial charge in [-0.2, -0.15) is 0 Å². The van der Waals surface area contributed by atoms with Crippen LogP contribution in [0.2, 0.25) is 5.02 Å². The van der Waals surface area contributed by atoms with Crippen molar-refractivity contribution in [2.75, 3.05) is 45.6 Å². The highest BCUT2D eigenvalue weighted by molar-refractivity contribution is 7.88. The lowest BCUT2D eigenvalue weighted by Gasteiger charge is -2.32. The summed E-state index contributed by atoms with van der Waals surface area (Å²) in [6.45, 7) is -0.207. The summed E-state index contributed by atoms with van der Waals surface area (Å²) in [4.78, 5) is 26.5. The minimum absolute atomic E-state index is 0.338. The van der Waals surface area contributed by atoms with Gasteiger partial charge in [-0.15, -0.1) is 0 Å². The number of nitrogens with zero attached hydrogens (tertiary/aromatic N) is 1. The quantitative estimate of drug-likeness (QED) is 0.389. The van der Waals surface area contributed by atoms with E-state index < -0.39 is 65.6 Å². The Labute approximate surface area is 226 Å². The average Bonchev–Trinajstić information content (AvgIpc) is 3.01. The summed E-state index contributed by atoms with van der Waals surface area (Å²) in [7, 11) is -1.20. The largest absolute Gasteiger partial charge is 0.493 e. The molecule has 0 aliphatic carbocycles. The molecule has 0 saturated carbocycles. The van der Waals surface area contributed by atoms with Crippen molar-refractivity contribution in [3.8, 4) is 11.5 Å². The number of benzene rings is 2. The molecule has 2 aromatic rings. The maximum absolute atomic E-state index is 13.3. The van der Waals surface area contributed by atoms with Gasteiger partial charge in [-0.05, 0) is 24.3 Å². The van der Waals surface area contributed by atoms with Gasteiger partial charge in [0.1, 0.15) is 12.2 Å². The van der Waals surface area contributed by atoms with Gasteiger partial charge in [0.05, 0.1) is 40.1 Å². The molecular formula is C25H31ClN2O9S. The second kappa shape index (κ2) is 11.9. The summed E-state index contributed by atoms with van der Waals surface area (Å²) in [5.41, 5.74) is 0.0598. The predicted octanol–water partition coefficient (Wildman–Crippen LogP) is 1.95. The number of hydrogen-bond donors (Lipinski definition) is 3. The lowest BCUT2D eigenvalue weighted by molar-refractivity contribution is -0.139. The normalized spacial score (nSPS) is 17.7. The summed E-state index contributed by atoms with van der Waals surface area (Å²) in [6.07, 6.45) is -2.20. The third kappa shape index (κ3) is 6.38. The van der Waals surface area contributed by atoms with Crippen molar-refractivity contribution >= 4 is 39.1 Å². The number of para-hydroxylation sites is 1. The Morgan fingerprint density at radius 2 is 1.84 bits per heavy atom.